The summed E-state index contributed by atoms with van der Waals surface area (Å²) < 4.78 is 6.73. The molecule has 0 spiro atoms. The highest BCUT2D eigenvalue weighted by Crippen LogP contribution is 2.25. The highest BCUT2D eigenvalue weighted by Gasteiger charge is 2.31. The Morgan fingerprint density at radius 1 is 1.26 bits per heavy atom. The Labute approximate surface area is 156 Å². The molecule has 1 unspecified atom stereocenters. The van der Waals surface area contributed by atoms with Crippen LogP contribution in [0, 0.1) is 24.2 Å². The van der Waals surface area contributed by atoms with Crippen LogP contribution in [0.4, 0.5) is 5.69 Å². The van der Waals surface area contributed by atoms with Crippen LogP contribution in [-0.4, -0.2) is 28.6 Å². The van der Waals surface area contributed by atoms with Crippen molar-refractivity contribution in [1.29, 1.82) is 5.26 Å². The van der Waals surface area contributed by atoms with E-state index in [2.05, 4.69) is 10.4 Å². The van der Waals surface area contributed by atoms with Gasteiger partial charge >= 0.3 is 0 Å². The minimum Gasteiger partial charge on any atom is -0.497 e. The van der Waals surface area contributed by atoms with E-state index in [9.17, 15) is 14.9 Å². The van der Waals surface area contributed by atoms with E-state index in [-0.39, 0.29) is 5.69 Å². The maximum absolute atomic E-state index is 12.9. The fourth-order valence-electron chi connectivity index (χ4n) is 2.86. The van der Waals surface area contributed by atoms with Crippen LogP contribution in [0.2, 0.25) is 0 Å². The van der Waals surface area contributed by atoms with Crippen molar-refractivity contribution in [2.24, 2.45) is 13.0 Å². The van der Waals surface area contributed by atoms with E-state index < -0.39 is 17.6 Å². The van der Waals surface area contributed by atoms with Crippen molar-refractivity contribution in [3.63, 3.8) is 0 Å². The first-order valence-corrected chi connectivity index (χ1v) is 8.26. The number of hydrogen-bond donors (Lipinski definition) is 1. The molecule has 1 atom stereocenters. The molecular formula is C20H18N4O3. The monoisotopic (exact) mass is 362 g/mol. The maximum Gasteiger partial charge on any atom is 0.249 e. The minimum atomic E-state index is -1.50. The first-order valence-electron chi connectivity index (χ1n) is 8.26. The lowest BCUT2D eigenvalue weighted by molar-refractivity contribution is -0.117. The molecule has 0 radical (unpaired) electrons. The van der Waals surface area contributed by atoms with Crippen molar-refractivity contribution >= 4 is 28.3 Å². The summed E-state index contributed by atoms with van der Waals surface area (Å²) in [5.74, 6) is -2.28. The average Bonchev–Trinajstić information content (AvgIpc) is 2.98. The molecule has 0 saturated heterocycles. The maximum atomic E-state index is 12.9. The smallest absolute Gasteiger partial charge is 0.249 e. The molecule has 1 amide bonds. The van der Waals surface area contributed by atoms with Gasteiger partial charge in [-0.3, -0.25) is 14.3 Å². The van der Waals surface area contributed by atoms with Gasteiger partial charge in [-0.15, -0.1) is 0 Å². The van der Waals surface area contributed by atoms with Crippen molar-refractivity contribution in [3.8, 4) is 11.8 Å². The van der Waals surface area contributed by atoms with Gasteiger partial charge in [0.25, 0.3) is 0 Å². The number of aromatic nitrogens is 2. The van der Waals surface area contributed by atoms with Crippen LogP contribution in [0.3, 0.4) is 0 Å². The number of ether oxygens (including phenoxy) is 1. The van der Waals surface area contributed by atoms with E-state index in [0.717, 1.165) is 5.56 Å². The predicted octanol–water partition coefficient (Wildman–Crippen LogP) is 2.85. The van der Waals surface area contributed by atoms with Gasteiger partial charge in [0.15, 0.2) is 5.92 Å². The summed E-state index contributed by atoms with van der Waals surface area (Å²) in [7, 11) is 3.21. The number of rotatable bonds is 5. The highest BCUT2D eigenvalue weighted by atomic mass is 16.5. The van der Waals surface area contributed by atoms with E-state index in [1.807, 2.05) is 13.0 Å². The molecule has 1 N–H and O–H groups in total. The molecule has 3 rings (SSSR count). The van der Waals surface area contributed by atoms with Crippen LogP contribution < -0.4 is 10.1 Å². The zero-order valence-corrected chi connectivity index (χ0v) is 15.2. The second kappa shape index (κ2) is 7.30. The normalized spacial score (nSPS) is 11.6. The third-order valence-corrected chi connectivity index (χ3v) is 4.23. The number of carbonyl (C=O) groups is 2. The van der Waals surface area contributed by atoms with E-state index >= 15 is 0 Å². The number of amides is 1. The molecule has 1 heterocycles. The molecule has 7 nitrogen and oxygen atoms in total. The molecular weight excluding hydrogens is 344 g/mol. The third kappa shape index (κ3) is 3.51. The van der Waals surface area contributed by atoms with Gasteiger partial charge in [-0.2, -0.15) is 10.4 Å². The lowest BCUT2D eigenvalue weighted by atomic mass is 9.99. The third-order valence-electron chi connectivity index (χ3n) is 4.23. The summed E-state index contributed by atoms with van der Waals surface area (Å²) in [4.78, 5) is 25.4. The quantitative estimate of drug-likeness (QED) is 0.556. The number of nitriles is 1. The number of benzene rings is 2. The van der Waals surface area contributed by atoms with Gasteiger partial charge in [-0.25, -0.2) is 0 Å². The van der Waals surface area contributed by atoms with E-state index in [0.29, 0.717) is 22.3 Å². The van der Waals surface area contributed by atoms with Gasteiger partial charge in [0.1, 0.15) is 11.4 Å². The second-order valence-electron chi connectivity index (χ2n) is 6.14. The number of anilines is 1. The van der Waals surface area contributed by atoms with Crippen LogP contribution in [0.1, 0.15) is 16.1 Å². The number of ketones is 1. The van der Waals surface area contributed by atoms with Crippen LogP contribution in [0.5, 0.6) is 5.75 Å². The number of hydrogen-bond acceptors (Lipinski definition) is 5. The van der Waals surface area contributed by atoms with Gasteiger partial charge in [0.05, 0.1) is 18.7 Å². The number of fused-ring (bicyclic) bond motifs is 1. The minimum absolute atomic E-state index is 0.0670. The number of Topliss-reactive ketones (excluding diaryl/α,β-unsaturated/α-hetero) is 1. The topological polar surface area (TPSA) is 97.0 Å². The van der Waals surface area contributed by atoms with Gasteiger partial charge in [0.2, 0.25) is 11.7 Å². The highest BCUT2D eigenvalue weighted by molar-refractivity contribution is 6.18. The van der Waals surface area contributed by atoms with Crippen molar-refractivity contribution in [1.82, 2.24) is 9.78 Å². The van der Waals surface area contributed by atoms with E-state index in [4.69, 9.17) is 4.74 Å². The Hall–Kier alpha value is -3.66. The fraction of sp³-hybridized carbons (Fsp3) is 0.200. The van der Waals surface area contributed by atoms with E-state index in [1.165, 1.54) is 11.8 Å². The van der Waals surface area contributed by atoms with Crippen molar-refractivity contribution in [3.05, 3.63) is 53.7 Å². The molecule has 7 heteroatoms. The van der Waals surface area contributed by atoms with Crippen LogP contribution in [0.25, 0.3) is 10.9 Å². The molecule has 2 aromatic carbocycles. The Balaban J connectivity index is 1.94. The second-order valence-corrected chi connectivity index (χ2v) is 6.14. The number of methoxy groups -OCH3 is 1. The Bertz CT molecular complexity index is 1080. The molecule has 0 aliphatic rings. The average molecular weight is 362 g/mol. The zero-order chi connectivity index (χ0) is 19.6. The van der Waals surface area contributed by atoms with Crippen molar-refractivity contribution in [2.45, 2.75) is 6.92 Å². The molecule has 27 heavy (non-hydrogen) atoms. The Morgan fingerprint density at radius 3 is 2.70 bits per heavy atom. The van der Waals surface area contributed by atoms with Gasteiger partial charge in [-0.05, 0) is 42.8 Å². The standard InChI is InChI=1S/C20H18N4O3/c1-12-5-4-6-13(9-12)22-20(26)16(11-21)19(25)18-15-10-14(27-3)7-8-17(15)24(2)23-18/h4-10,16H,1-3H3,(H,22,26). The van der Waals surface area contributed by atoms with Crippen molar-refractivity contribution < 1.29 is 14.3 Å². The molecule has 3 aromatic rings. The Morgan fingerprint density at radius 2 is 2.04 bits per heavy atom. The van der Waals surface area contributed by atoms with Gasteiger partial charge < -0.3 is 10.1 Å². The van der Waals surface area contributed by atoms with E-state index in [1.54, 1.807) is 49.5 Å². The molecule has 136 valence electrons. The molecule has 0 bridgehead atoms. The SMILES string of the molecule is COc1ccc2c(c1)c(C(=O)C(C#N)C(=O)Nc1cccc(C)c1)nn2C. The molecule has 0 aliphatic carbocycles. The van der Waals surface area contributed by atoms with Crippen LogP contribution >= 0.6 is 0 Å². The zero-order valence-electron chi connectivity index (χ0n) is 15.2. The van der Waals surface area contributed by atoms with Gasteiger partial charge in [-0.1, -0.05) is 12.1 Å². The first-order chi connectivity index (χ1) is 12.9. The molecule has 0 saturated carbocycles. The Kier molecular flexibility index (Phi) is 4.90. The molecule has 1 aromatic heterocycles. The molecule has 0 fully saturated rings. The largest absolute Gasteiger partial charge is 0.497 e. The summed E-state index contributed by atoms with van der Waals surface area (Å²) >= 11 is 0. The lowest BCUT2D eigenvalue weighted by Crippen LogP contribution is -2.29. The predicted molar refractivity (Wildman–Crippen MR) is 101 cm³/mol. The summed E-state index contributed by atoms with van der Waals surface area (Å²) in [6.45, 7) is 1.88. The lowest BCUT2D eigenvalue weighted by Gasteiger charge is -2.09. The number of nitrogens with zero attached hydrogens (tertiary/aromatic N) is 3. The fourth-order valence-corrected chi connectivity index (χ4v) is 2.86. The first kappa shape index (κ1) is 18.1. The molecule has 0 aliphatic heterocycles. The van der Waals surface area contributed by atoms with Gasteiger partial charge in [0, 0.05) is 18.1 Å². The number of nitrogens with one attached hydrogen (secondary N) is 1. The summed E-state index contributed by atoms with van der Waals surface area (Å²) in [5.41, 5.74) is 2.25. The summed E-state index contributed by atoms with van der Waals surface area (Å²) in [6, 6.07) is 14.1. The van der Waals surface area contributed by atoms with Crippen LogP contribution in [-0.2, 0) is 11.8 Å². The number of aryl methyl sites for hydroxylation is 2. The van der Waals surface area contributed by atoms with Crippen LogP contribution in [0.15, 0.2) is 42.5 Å². The van der Waals surface area contributed by atoms with Crippen molar-refractivity contribution in [2.75, 3.05) is 12.4 Å². The summed E-state index contributed by atoms with van der Waals surface area (Å²) in [5, 5.41) is 16.8. The summed E-state index contributed by atoms with van der Waals surface area (Å²) in [6.07, 6.45) is 0. The number of carbonyl (C=O) groups excluding carboxylic acids is 2.